The monoisotopic (exact) mass is 227 g/mol. The smallest absolute Gasteiger partial charge is 0.0885 e. The third kappa shape index (κ3) is 3.36. The summed E-state index contributed by atoms with van der Waals surface area (Å²) in [6, 6.07) is 8.93. The average Bonchev–Trinajstić information content (AvgIpc) is 2.38. The summed E-state index contributed by atoms with van der Waals surface area (Å²) in [7, 11) is 0. The maximum atomic E-state index is 4.27. The Labute approximate surface area is 102 Å². The van der Waals surface area contributed by atoms with Crippen LogP contribution in [0.3, 0.4) is 0 Å². The molecule has 3 heteroatoms. The van der Waals surface area contributed by atoms with Crippen molar-refractivity contribution in [3.8, 4) is 11.3 Å². The molecule has 0 aliphatic carbocycles. The van der Waals surface area contributed by atoms with Crippen molar-refractivity contribution in [3.05, 3.63) is 48.4 Å². The highest BCUT2D eigenvalue weighted by Gasteiger charge is 1.99. The number of nitrogens with zero attached hydrogens (tertiary/aromatic N) is 2. The molecule has 0 unspecified atom stereocenters. The van der Waals surface area contributed by atoms with Crippen molar-refractivity contribution < 1.29 is 0 Å². The fourth-order valence-corrected chi connectivity index (χ4v) is 1.56. The molecule has 0 spiro atoms. The van der Waals surface area contributed by atoms with Crippen molar-refractivity contribution in [3.63, 3.8) is 0 Å². The van der Waals surface area contributed by atoms with Crippen molar-refractivity contribution >= 4 is 0 Å². The Balaban J connectivity index is 2.08. The predicted octanol–water partition coefficient (Wildman–Crippen LogP) is 2.64. The lowest BCUT2D eigenvalue weighted by Gasteiger charge is -2.08. The van der Waals surface area contributed by atoms with Gasteiger partial charge in [0, 0.05) is 30.5 Å². The molecule has 0 fully saturated rings. The number of aromatic nitrogens is 2. The van der Waals surface area contributed by atoms with E-state index in [1.807, 2.05) is 0 Å². The van der Waals surface area contributed by atoms with E-state index in [9.17, 15) is 0 Å². The molecule has 1 heterocycles. The Kier molecular flexibility index (Phi) is 3.83. The Morgan fingerprint density at radius 3 is 2.47 bits per heavy atom. The molecule has 0 aliphatic rings. The summed E-state index contributed by atoms with van der Waals surface area (Å²) in [5.74, 6) is 0. The predicted molar refractivity (Wildman–Crippen MR) is 69.4 cm³/mol. The number of benzene rings is 1. The van der Waals surface area contributed by atoms with Gasteiger partial charge >= 0.3 is 0 Å². The molecule has 0 amide bonds. The number of hydrogen-bond donors (Lipinski definition) is 1. The van der Waals surface area contributed by atoms with Gasteiger partial charge in [-0.15, -0.1) is 0 Å². The van der Waals surface area contributed by atoms with Crippen LogP contribution in [-0.4, -0.2) is 16.0 Å². The summed E-state index contributed by atoms with van der Waals surface area (Å²) in [6.45, 7) is 5.19. The van der Waals surface area contributed by atoms with Crippen LogP contribution in [0.1, 0.15) is 19.4 Å². The summed E-state index contributed by atoms with van der Waals surface area (Å²) in [5, 5.41) is 3.39. The summed E-state index contributed by atoms with van der Waals surface area (Å²) in [5.41, 5.74) is 3.30. The average molecular weight is 227 g/mol. The largest absolute Gasteiger partial charge is 0.310 e. The molecule has 1 aromatic heterocycles. The van der Waals surface area contributed by atoms with Crippen LogP contribution < -0.4 is 5.32 Å². The zero-order valence-corrected chi connectivity index (χ0v) is 10.2. The van der Waals surface area contributed by atoms with E-state index in [0.29, 0.717) is 6.04 Å². The Hall–Kier alpha value is -1.74. The molecular weight excluding hydrogens is 210 g/mol. The van der Waals surface area contributed by atoms with Crippen molar-refractivity contribution in [2.45, 2.75) is 26.4 Å². The van der Waals surface area contributed by atoms with Crippen molar-refractivity contribution in [1.82, 2.24) is 15.3 Å². The van der Waals surface area contributed by atoms with E-state index >= 15 is 0 Å². The van der Waals surface area contributed by atoms with Gasteiger partial charge in [-0.05, 0) is 5.56 Å². The van der Waals surface area contributed by atoms with Gasteiger partial charge in [-0.1, -0.05) is 38.1 Å². The first-order chi connectivity index (χ1) is 8.25. The first-order valence-electron chi connectivity index (χ1n) is 5.84. The molecule has 2 rings (SSSR count). The van der Waals surface area contributed by atoms with E-state index in [0.717, 1.165) is 17.8 Å². The fraction of sp³-hybridized carbons (Fsp3) is 0.286. The molecule has 17 heavy (non-hydrogen) atoms. The summed E-state index contributed by atoms with van der Waals surface area (Å²) < 4.78 is 0. The van der Waals surface area contributed by atoms with E-state index in [1.165, 1.54) is 5.56 Å². The number of rotatable bonds is 4. The van der Waals surface area contributed by atoms with E-state index in [4.69, 9.17) is 0 Å². The van der Waals surface area contributed by atoms with Gasteiger partial charge in [0.1, 0.15) is 0 Å². The SMILES string of the molecule is CC(C)NCc1ccc(-c2cnccn2)cc1. The number of nitrogens with one attached hydrogen (secondary N) is 1. The van der Waals surface area contributed by atoms with Gasteiger partial charge in [-0.2, -0.15) is 0 Å². The second-order valence-electron chi connectivity index (χ2n) is 4.32. The molecule has 0 radical (unpaired) electrons. The quantitative estimate of drug-likeness (QED) is 0.872. The third-order valence-corrected chi connectivity index (χ3v) is 2.53. The van der Waals surface area contributed by atoms with Gasteiger partial charge in [0.2, 0.25) is 0 Å². The van der Waals surface area contributed by atoms with Gasteiger partial charge in [0.25, 0.3) is 0 Å². The first-order valence-corrected chi connectivity index (χ1v) is 5.84. The lowest BCUT2D eigenvalue weighted by Crippen LogP contribution is -2.21. The summed E-state index contributed by atoms with van der Waals surface area (Å²) in [4.78, 5) is 8.34. The highest BCUT2D eigenvalue weighted by Crippen LogP contribution is 2.15. The second-order valence-corrected chi connectivity index (χ2v) is 4.32. The zero-order chi connectivity index (χ0) is 12.1. The normalized spacial score (nSPS) is 10.8. The molecule has 2 aromatic rings. The van der Waals surface area contributed by atoms with Crippen LogP contribution in [0.4, 0.5) is 0 Å². The second kappa shape index (κ2) is 5.55. The molecule has 1 aromatic carbocycles. The Morgan fingerprint density at radius 1 is 1.12 bits per heavy atom. The van der Waals surface area contributed by atoms with Crippen LogP contribution in [0.2, 0.25) is 0 Å². The zero-order valence-electron chi connectivity index (χ0n) is 10.2. The van der Waals surface area contributed by atoms with Gasteiger partial charge in [-0.3, -0.25) is 9.97 Å². The van der Waals surface area contributed by atoms with E-state index < -0.39 is 0 Å². The van der Waals surface area contributed by atoms with Crippen LogP contribution in [0.25, 0.3) is 11.3 Å². The molecular formula is C14H17N3. The van der Waals surface area contributed by atoms with Gasteiger partial charge in [0.15, 0.2) is 0 Å². The van der Waals surface area contributed by atoms with Gasteiger partial charge in [0.05, 0.1) is 11.9 Å². The van der Waals surface area contributed by atoms with E-state index in [2.05, 4.69) is 53.4 Å². The molecule has 0 atom stereocenters. The minimum absolute atomic E-state index is 0.509. The maximum Gasteiger partial charge on any atom is 0.0885 e. The van der Waals surface area contributed by atoms with Crippen LogP contribution in [0.15, 0.2) is 42.9 Å². The van der Waals surface area contributed by atoms with Crippen LogP contribution in [-0.2, 0) is 6.54 Å². The highest BCUT2D eigenvalue weighted by atomic mass is 14.9. The molecule has 3 nitrogen and oxygen atoms in total. The fourth-order valence-electron chi connectivity index (χ4n) is 1.56. The van der Waals surface area contributed by atoms with Gasteiger partial charge in [-0.25, -0.2) is 0 Å². The molecule has 88 valence electrons. The van der Waals surface area contributed by atoms with Crippen LogP contribution in [0, 0.1) is 0 Å². The first kappa shape index (κ1) is 11.7. The third-order valence-electron chi connectivity index (χ3n) is 2.53. The summed E-state index contributed by atoms with van der Waals surface area (Å²) in [6.07, 6.45) is 5.18. The molecule has 0 bridgehead atoms. The lowest BCUT2D eigenvalue weighted by atomic mass is 10.1. The van der Waals surface area contributed by atoms with Crippen molar-refractivity contribution in [2.24, 2.45) is 0 Å². The topological polar surface area (TPSA) is 37.8 Å². The molecule has 0 aliphatic heterocycles. The minimum Gasteiger partial charge on any atom is -0.310 e. The highest BCUT2D eigenvalue weighted by molar-refractivity contribution is 5.58. The van der Waals surface area contributed by atoms with E-state index in [-0.39, 0.29) is 0 Å². The molecule has 0 saturated heterocycles. The van der Waals surface area contributed by atoms with Crippen molar-refractivity contribution in [1.29, 1.82) is 0 Å². The summed E-state index contributed by atoms with van der Waals surface area (Å²) >= 11 is 0. The van der Waals surface area contributed by atoms with Crippen LogP contribution in [0.5, 0.6) is 0 Å². The standard InChI is InChI=1S/C14H17N3/c1-11(2)17-9-12-3-5-13(6-4-12)14-10-15-7-8-16-14/h3-8,10-11,17H,9H2,1-2H3. The van der Waals surface area contributed by atoms with Crippen molar-refractivity contribution in [2.75, 3.05) is 0 Å². The lowest BCUT2D eigenvalue weighted by molar-refractivity contribution is 0.589. The Bertz CT molecular complexity index is 449. The number of hydrogen-bond acceptors (Lipinski definition) is 3. The van der Waals surface area contributed by atoms with E-state index in [1.54, 1.807) is 18.6 Å². The van der Waals surface area contributed by atoms with Gasteiger partial charge < -0.3 is 5.32 Å². The maximum absolute atomic E-state index is 4.27. The minimum atomic E-state index is 0.509. The van der Waals surface area contributed by atoms with Crippen LogP contribution >= 0.6 is 0 Å². The molecule has 1 N–H and O–H groups in total. The Morgan fingerprint density at radius 2 is 1.88 bits per heavy atom. The molecule has 0 saturated carbocycles.